The largest absolute Gasteiger partial charge is 0.494 e. The summed E-state index contributed by atoms with van der Waals surface area (Å²) >= 11 is 0. The van der Waals surface area contributed by atoms with Crippen molar-refractivity contribution in [2.24, 2.45) is 5.14 Å². The Labute approximate surface area is 169 Å². The smallest absolute Gasteiger partial charge is 0.331 e. The van der Waals surface area contributed by atoms with Crippen molar-refractivity contribution in [2.45, 2.75) is 24.8 Å². The van der Waals surface area contributed by atoms with Crippen LogP contribution in [-0.4, -0.2) is 33.0 Å². The highest BCUT2D eigenvalue weighted by Crippen LogP contribution is 2.15. The van der Waals surface area contributed by atoms with Crippen LogP contribution in [0.3, 0.4) is 0 Å². The summed E-state index contributed by atoms with van der Waals surface area (Å²) in [5, 5.41) is 7.54. The number of carbonyl (C=O) groups is 2. The lowest BCUT2D eigenvalue weighted by molar-refractivity contribution is -0.148. The highest BCUT2D eigenvalue weighted by molar-refractivity contribution is 7.89. The van der Waals surface area contributed by atoms with Crippen molar-refractivity contribution in [1.82, 2.24) is 0 Å². The third-order valence-electron chi connectivity index (χ3n) is 3.70. The molecule has 154 valence electrons. The summed E-state index contributed by atoms with van der Waals surface area (Å²) < 4.78 is 33.1. The Hall–Kier alpha value is -3.17. The number of benzene rings is 2. The number of hydrogen-bond donors (Lipinski definition) is 2. The van der Waals surface area contributed by atoms with Gasteiger partial charge < -0.3 is 14.8 Å². The summed E-state index contributed by atoms with van der Waals surface area (Å²) in [5.41, 5.74) is 0.983. The molecule has 2 rings (SSSR count). The molecule has 0 aromatic heterocycles. The molecule has 0 spiro atoms. The lowest BCUT2D eigenvalue weighted by Gasteiger charge is -2.12. The number of hydrogen-bond acceptors (Lipinski definition) is 6. The van der Waals surface area contributed by atoms with Crippen LogP contribution in [0.4, 0.5) is 5.69 Å². The molecule has 2 aromatic rings. The topological polar surface area (TPSA) is 125 Å². The Morgan fingerprint density at radius 1 is 1.17 bits per heavy atom. The molecule has 1 atom stereocenters. The summed E-state index contributed by atoms with van der Waals surface area (Å²) in [6, 6.07) is 12.6. The minimum atomic E-state index is -3.89. The number of nitrogens with two attached hydrogens (primary N) is 1. The second kappa shape index (κ2) is 9.85. The molecule has 0 bridgehead atoms. The molecule has 0 aliphatic carbocycles. The van der Waals surface area contributed by atoms with Crippen molar-refractivity contribution in [1.29, 1.82) is 0 Å². The summed E-state index contributed by atoms with van der Waals surface area (Å²) in [7, 11) is -3.89. The van der Waals surface area contributed by atoms with Crippen LogP contribution in [0.2, 0.25) is 0 Å². The third kappa shape index (κ3) is 7.05. The summed E-state index contributed by atoms with van der Waals surface area (Å²) in [6.45, 7) is 3.85. The maximum absolute atomic E-state index is 12.2. The normalized spacial score (nSPS) is 12.4. The summed E-state index contributed by atoms with van der Waals surface area (Å²) in [4.78, 5) is 24.0. The van der Waals surface area contributed by atoms with Crippen LogP contribution < -0.4 is 15.2 Å². The van der Waals surface area contributed by atoms with Crippen molar-refractivity contribution in [3.05, 3.63) is 60.2 Å². The Bertz CT molecular complexity index is 1000. The highest BCUT2D eigenvalue weighted by Gasteiger charge is 2.17. The molecule has 0 unspecified atom stereocenters. The molecule has 0 saturated carbocycles. The van der Waals surface area contributed by atoms with Crippen LogP contribution >= 0.6 is 0 Å². The van der Waals surface area contributed by atoms with Crippen LogP contribution in [0.25, 0.3) is 6.08 Å². The first-order valence-electron chi connectivity index (χ1n) is 8.74. The van der Waals surface area contributed by atoms with Crippen molar-refractivity contribution < 1.29 is 27.5 Å². The van der Waals surface area contributed by atoms with Crippen LogP contribution in [0.5, 0.6) is 5.75 Å². The molecule has 0 fully saturated rings. The fourth-order valence-corrected chi connectivity index (χ4v) is 2.83. The lowest BCUT2D eigenvalue weighted by atomic mass is 10.2. The van der Waals surface area contributed by atoms with E-state index in [1.807, 2.05) is 6.92 Å². The van der Waals surface area contributed by atoms with Gasteiger partial charge in [-0.2, -0.15) is 0 Å². The molecule has 1 amide bonds. The van der Waals surface area contributed by atoms with E-state index in [1.165, 1.54) is 37.3 Å². The Morgan fingerprint density at radius 3 is 2.48 bits per heavy atom. The number of anilines is 1. The van der Waals surface area contributed by atoms with E-state index in [0.717, 1.165) is 11.3 Å². The first-order valence-corrected chi connectivity index (χ1v) is 10.3. The number of carbonyl (C=O) groups excluding carboxylic acids is 2. The fourth-order valence-electron chi connectivity index (χ4n) is 2.27. The Kier molecular flexibility index (Phi) is 7.52. The van der Waals surface area contributed by atoms with Gasteiger partial charge in [0.25, 0.3) is 5.91 Å². The van der Waals surface area contributed by atoms with Crippen LogP contribution in [-0.2, 0) is 24.3 Å². The van der Waals surface area contributed by atoms with Gasteiger partial charge in [-0.3, -0.25) is 4.79 Å². The molecule has 0 aliphatic heterocycles. The molecular weight excluding hydrogens is 396 g/mol. The number of sulfonamides is 1. The number of rotatable bonds is 8. The first kappa shape index (κ1) is 22.1. The standard InChI is InChI=1S/C20H22N2O6S/c1-3-27-17-10-7-15(8-11-17)9-12-19(23)28-14(2)20(24)22-16-5-4-6-18(13-16)29(21,25)26/h4-14H,3H2,1-2H3,(H,22,24)(H2,21,25,26)/b12-9+/t14-/m1/s1. The Balaban J connectivity index is 1.92. The highest BCUT2D eigenvalue weighted by atomic mass is 32.2. The minimum Gasteiger partial charge on any atom is -0.494 e. The molecular formula is C20H22N2O6S. The van der Waals surface area contributed by atoms with Gasteiger partial charge in [-0.25, -0.2) is 18.4 Å². The van der Waals surface area contributed by atoms with Gasteiger partial charge in [-0.15, -0.1) is 0 Å². The van der Waals surface area contributed by atoms with Crippen LogP contribution in [0.15, 0.2) is 59.5 Å². The van der Waals surface area contributed by atoms with E-state index in [0.29, 0.717) is 6.61 Å². The zero-order valence-corrected chi connectivity index (χ0v) is 16.8. The van der Waals surface area contributed by atoms with Crippen LogP contribution in [0, 0.1) is 0 Å². The van der Waals surface area contributed by atoms with E-state index in [-0.39, 0.29) is 10.6 Å². The number of nitrogens with one attached hydrogen (secondary N) is 1. The number of primary sulfonamides is 1. The number of amides is 1. The van der Waals surface area contributed by atoms with E-state index >= 15 is 0 Å². The van der Waals surface area contributed by atoms with Crippen molar-refractivity contribution in [3.63, 3.8) is 0 Å². The zero-order chi connectivity index (χ0) is 21.4. The monoisotopic (exact) mass is 418 g/mol. The molecule has 29 heavy (non-hydrogen) atoms. The molecule has 8 nitrogen and oxygen atoms in total. The zero-order valence-electron chi connectivity index (χ0n) is 16.0. The lowest BCUT2D eigenvalue weighted by Crippen LogP contribution is -2.29. The fraction of sp³-hybridized carbons (Fsp3) is 0.200. The Morgan fingerprint density at radius 2 is 1.86 bits per heavy atom. The second-order valence-corrected chi connectivity index (χ2v) is 7.54. The van der Waals surface area contributed by atoms with E-state index in [2.05, 4.69) is 5.32 Å². The van der Waals surface area contributed by atoms with Gasteiger partial charge >= 0.3 is 5.97 Å². The number of esters is 1. The van der Waals surface area contributed by atoms with E-state index in [4.69, 9.17) is 14.6 Å². The predicted molar refractivity (Wildman–Crippen MR) is 109 cm³/mol. The van der Waals surface area contributed by atoms with Gasteiger partial charge in [0, 0.05) is 11.8 Å². The summed E-state index contributed by atoms with van der Waals surface area (Å²) in [5.74, 6) is -0.580. The van der Waals surface area contributed by atoms with Crippen LogP contribution in [0.1, 0.15) is 19.4 Å². The van der Waals surface area contributed by atoms with E-state index < -0.39 is 28.0 Å². The predicted octanol–water partition coefficient (Wildman–Crippen LogP) is 2.32. The average Bonchev–Trinajstić information content (AvgIpc) is 2.67. The van der Waals surface area contributed by atoms with Gasteiger partial charge in [-0.05, 0) is 55.8 Å². The maximum atomic E-state index is 12.2. The van der Waals surface area contributed by atoms with Gasteiger partial charge in [0.15, 0.2) is 6.10 Å². The van der Waals surface area contributed by atoms with Gasteiger partial charge in [0.1, 0.15) is 5.75 Å². The molecule has 0 saturated heterocycles. The average molecular weight is 418 g/mol. The van der Waals surface area contributed by atoms with E-state index in [1.54, 1.807) is 30.3 Å². The summed E-state index contributed by atoms with van der Waals surface area (Å²) in [6.07, 6.45) is 1.67. The third-order valence-corrected chi connectivity index (χ3v) is 4.61. The molecule has 0 radical (unpaired) electrons. The molecule has 9 heteroatoms. The minimum absolute atomic E-state index is 0.141. The van der Waals surface area contributed by atoms with Crippen molar-refractivity contribution >= 4 is 33.7 Å². The van der Waals surface area contributed by atoms with Gasteiger partial charge in [0.05, 0.1) is 11.5 Å². The van der Waals surface area contributed by atoms with Crippen molar-refractivity contribution in [2.75, 3.05) is 11.9 Å². The first-order chi connectivity index (χ1) is 13.7. The maximum Gasteiger partial charge on any atom is 0.331 e. The number of ether oxygens (including phenoxy) is 2. The van der Waals surface area contributed by atoms with Gasteiger partial charge in [0.2, 0.25) is 10.0 Å². The molecule has 0 aliphatic rings. The second-order valence-electron chi connectivity index (χ2n) is 5.98. The quantitative estimate of drug-likeness (QED) is 0.501. The molecule has 2 aromatic carbocycles. The van der Waals surface area contributed by atoms with Crippen molar-refractivity contribution in [3.8, 4) is 5.75 Å². The van der Waals surface area contributed by atoms with E-state index in [9.17, 15) is 18.0 Å². The molecule has 3 N–H and O–H groups in total. The SMILES string of the molecule is CCOc1ccc(/C=C/C(=O)O[C@H](C)C(=O)Nc2cccc(S(N)(=O)=O)c2)cc1. The van der Waals surface area contributed by atoms with Gasteiger partial charge in [-0.1, -0.05) is 18.2 Å². The molecule has 0 heterocycles.